The fourth-order valence-electron chi connectivity index (χ4n) is 2.01. The van der Waals surface area contributed by atoms with Crippen LogP contribution in [0, 0.1) is 11.3 Å². The van der Waals surface area contributed by atoms with Crippen LogP contribution in [0.4, 0.5) is 11.4 Å². The molecule has 0 aliphatic carbocycles. The lowest BCUT2D eigenvalue weighted by Gasteiger charge is -2.11. The predicted octanol–water partition coefficient (Wildman–Crippen LogP) is 3.58. The number of nitrogens with zero attached hydrogens (tertiary/aromatic N) is 1. The number of nitriles is 1. The van der Waals surface area contributed by atoms with Crippen LogP contribution in [-0.4, -0.2) is 15.0 Å². The van der Waals surface area contributed by atoms with Crippen LogP contribution in [-0.2, 0) is 9.84 Å². The maximum atomic E-state index is 12.6. The highest BCUT2D eigenvalue weighted by Gasteiger charge is 2.18. The van der Waals surface area contributed by atoms with Gasteiger partial charge in [-0.1, -0.05) is 15.9 Å². The first kappa shape index (κ1) is 17.3. The van der Waals surface area contributed by atoms with Crippen LogP contribution in [0.2, 0.25) is 0 Å². The van der Waals surface area contributed by atoms with E-state index in [1.165, 1.54) is 12.1 Å². The SMILES string of the molecule is N#CCCCNc1ccc(S(=O)(=O)c2ccc(Br)cc2)cc1N. The van der Waals surface area contributed by atoms with Crippen molar-refractivity contribution in [2.24, 2.45) is 0 Å². The summed E-state index contributed by atoms with van der Waals surface area (Å²) >= 11 is 3.28. The number of hydrogen-bond acceptors (Lipinski definition) is 5. The van der Waals surface area contributed by atoms with E-state index in [0.717, 1.165) is 4.47 Å². The average Bonchev–Trinajstić information content (AvgIpc) is 2.53. The third-order valence-corrected chi connectivity index (χ3v) is 5.53. The van der Waals surface area contributed by atoms with Crippen LogP contribution < -0.4 is 11.1 Å². The van der Waals surface area contributed by atoms with Crippen molar-refractivity contribution in [2.75, 3.05) is 17.6 Å². The van der Waals surface area contributed by atoms with Crippen LogP contribution in [0.1, 0.15) is 12.8 Å². The summed E-state index contributed by atoms with van der Waals surface area (Å²) in [4.78, 5) is 0.370. The number of anilines is 2. The van der Waals surface area contributed by atoms with Crippen LogP contribution in [0.15, 0.2) is 56.7 Å². The second-order valence-corrected chi connectivity index (χ2v) is 7.76. The smallest absolute Gasteiger partial charge is 0.206 e. The topological polar surface area (TPSA) is 96.0 Å². The molecule has 0 atom stereocenters. The summed E-state index contributed by atoms with van der Waals surface area (Å²) in [5.41, 5.74) is 6.96. The van der Waals surface area contributed by atoms with Crippen molar-refractivity contribution >= 4 is 37.1 Å². The van der Waals surface area contributed by atoms with Gasteiger partial charge in [0, 0.05) is 17.4 Å². The van der Waals surface area contributed by atoms with Gasteiger partial charge in [-0.25, -0.2) is 8.42 Å². The number of nitrogen functional groups attached to an aromatic ring is 1. The molecule has 0 spiro atoms. The Bertz CT molecular complexity index is 827. The van der Waals surface area contributed by atoms with Gasteiger partial charge in [-0.15, -0.1) is 0 Å². The highest BCUT2D eigenvalue weighted by molar-refractivity contribution is 9.10. The van der Waals surface area contributed by atoms with E-state index >= 15 is 0 Å². The summed E-state index contributed by atoms with van der Waals surface area (Å²) in [7, 11) is -3.60. The molecule has 120 valence electrons. The predicted molar refractivity (Wildman–Crippen MR) is 93.8 cm³/mol. The number of rotatable bonds is 6. The maximum absolute atomic E-state index is 12.6. The number of unbranched alkanes of at least 4 members (excludes halogenated alkanes) is 1. The van der Waals surface area contributed by atoms with E-state index in [1.54, 1.807) is 30.3 Å². The standard InChI is InChI=1S/C16H16BrN3O2S/c17-12-3-5-13(6-4-12)23(21,22)14-7-8-16(15(19)11-14)20-10-2-1-9-18/h3-8,11,20H,1-2,10,19H2. The molecule has 0 radical (unpaired) electrons. The summed E-state index contributed by atoms with van der Waals surface area (Å²) in [6.45, 7) is 0.608. The van der Waals surface area contributed by atoms with Crippen molar-refractivity contribution in [2.45, 2.75) is 22.6 Å². The Labute approximate surface area is 144 Å². The van der Waals surface area contributed by atoms with Crippen LogP contribution in [0.5, 0.6) is 0 Å². The van der Waals surface area contributed by atoms with Crippen molar-refractivity contribution in [3.8, 4) is 6.07 Å². The molecule has 0 saturated carbocycles. The van der Waals surface area contributed by atoms with Gasteiger partial charge < -0.3 is 11.1 Å². The molecule has 0 unspecified atom stereocenters. The molecule has 2 aromatic carbocycles. The Morgan fingerprint density at radius 3 is 2.39 bits per heavy atom. The molecule has 5 nitrogen and oxygen atoms in total. The fraction of sp³-hybridized carbons (Fsp3) is 0.188. The highest BCUT2D eigenvalue weighted by Crippen LogP contribution is 2.27. The lowest BCUT2D eigenvalue weighted by molar-refractivity contribution is 0.596. The zero-order valence-electron chi connectivity index (χ0n) is 12.3. The summed E-state index contributed by atoms with van der Waals surface area (Å²) in [5.74, 6) is 0. The number of hydrogen-bond donors (Lipinski definition) is 2. The summed E-state index contributed by atoms with van der Waals surface area (Å²) in [6.07, 6.45) is 1.16. The zero-order chi connectivity index (χ0) is 16.9. The third-order valence-electron chi connectivity index (χ3n) is 3.24. The van der Waals surface area contributed by atoms with Gasteiger partial charge in [0.05, 0.1) is 27.2 Å². The maximum Gasteiger partial charge on any atom is 0.206 e. The molecule has 0 fully saturated rings. The van der Waals surface area contributed by atoms with Crippen LogP contribution >= 0.6 is 15.9 Å². The van der Waals surface area contributed by atoms with Crippen LogP contribution in [0.3, 0.4) is 0 Å². The summed E-state index contributed by atoms with van der Waals surface area (Å²) in [6, 6.07) is 13.1. The Morgan fingerprint density at radius 2 is 1.78 bits per heavy atom. The van der Waals surface area contributed by atoms with Gasteiger partial charge >= 0.3 is 0 Å². The van der Waals surface area contributed by atoms with Gasteiger partial charge in [0.2, 0.25) is 9.84 Å². The lowest BCUT2D eigenvalue weighted by Crippen LogP contribution is -2.07. The second-order valence-electron chi connectivity index (χ2n) is 4.89. The minimum absolute atomic E-state index is 0.153. The highest BCUT2D eigenvalue weighted by atomic mass is 79.9. The first-order valence-electron chi connectivity index (χ1n) is 6.96. The largest absolute Gasteiger partial charge is 0.397 e. The molecule has 2 rings (SSSR count). The molecule has 0 aromatic heterocycles. The number of nitrogens with two attached hydrogens (primary N) is 1. The van der Waals surface area contributed by atoms with E-state index in [2.05, 4.69) is 27.3 Å². The number of halogens is 1. The van der Waals surface area contributed by atoms with E-state index in [4.69, 9.17) is 11.0 Å². The van der Waals surface area contributed by atoms with Crippen molar-refractivity contribution in [3.05, 3.63) is 46.9 Å². The van der Waals surface area contributed by atoms with Crippen molar-refractivity contribution in [3.63, 3.8) is 0 Å². The zero-order valence-corrected chi connectivity index (χ0v) is 14.7. The van der Waals surface area contributed by atoms with E-state index in [0.29, 0.717) is 30.8 Å². The molecule has 0 aliphatic heterocycles. The molecule has 0 amide bonds. The molecule has 0 aliphatic rings. The quantitative estimate of drug-likeness (QED) is 0.577. The van der Waals surface area contributed by atoms with E-state index in [-0.39, 0.29) is 9.79 Å². The van der Waals surface area contributed by atoms with Gasteiger partial charge in [0.15, 0.2) is 0 Å². The summed E-state index contributed by atoms with van der Waals surface area (Å²) in [5, 5.41) is 11.6. The molecular formula is C16H16BrN3O2S. The van der Waals surface area contributed by atoms with Gasteiger partial charge in [-0.3, -0.25) is 0 Å². The second kappa shape index (κ2) is 7.49. The van der Waals surface area contributed by atoms with Gasteiger partial charge in [-0.2, -0.15) is 5.26 Å². The van der Waals surface area contributed by atoms with Gasteiger partial charge in [-0.05, 0) is 48.9 Å². The normalized spacial score (nSPS) is 11.0. The van der Waals surface area contributed by atoms with E-state index in [1.807, 2.05) is 0 Å². The van der Waals surface area contributed by atoms with Crippen molar-refractivity contribution in [1.29, 1.82) is 5.26 Å². The molecule has 0 saturated heterocycles. The van der Waals surface area contributed by atoms with Crippen LogP contribution in [0.25, 0.3) is 0 Å². The monoisotopic (exact) mass is 393 g/mol. The van der Waals surface area contributed by atoms with Crippen molar-refractivity contribution in [1.82, 2.24) is 0 Å². The molecule has 23 heavy (non-hydrogen) atoms. The Kier molecular flexibility index (Phi) is 5.64. The Morgan fingerprint density at radius 1 is 1.13 bits per heavy atom. The van der Waals surface area contributed by atoms with Gasteiger partial charge in [0.1, 0.15) is 0 Å². The first-order chi connectivity index (χ1) is 10.9. The number of nitrogens with one attached hydrogen (secondary N) is 1. The minimum Gasteiger partial charge on any atom is -0.397 e. The Hall–Kier alpha value is -2.04. The lowest BCUT2D eigenvalue weighted by atomic mass is 10.2. The van der Waals surface area contributed by atoms with Crippen molar-refractivity contribution < 1.29 is 8.42 Å². The Balaban J connectivity index is 2.22. The fourth-order valence-corrected chi connectivity index (χ4v) is 3.57. The molecule has 0 heterocycles. The van der Waals surface area contributed by atoms with Gasteiger partial charge in [0.25, 0.3) is 0 Å². The molecule has 0 bridgehead atoms. The molecular weight excluding hydrogens is 378 g/mol. The number of benzene rings is 2. The minimum atomic E-state index is -3.60. The molecule has 3 N–H and O–H groups in total. The number of sulfone groups is 1. The average molecular weight is 394 g/mol. The van der Waals surface area contributed by atoms with E-state index in [9.17, 15) is 8.42 Å². The molecule has 2 aromatic rings. The summed E-state index contributed by atoms with van der Waals surface area (Å²) < 4.78 is 26.0. The molecule has 7 heteroatoms. The van der Waals surface area contributed by atoms with E-state index < -0.39 is 9.84 Å². The first-order valence-corrected chi connectivity index (χ1v) is 9.24. The third kappa shape index (κ3) is 4.24.